The monoisotopic (exact) mass is 486 g/mol. The van der Waals surface area contributed by atoms with Gasteiger partial charge in [0.2, 0.25) is 0 Å². The Balaban J connectivity index is 1.82. The Morgan fingerprint density at radius 1 is 1.03 bits per heavy atom. The van der Waals surface area contributed by atoms with Gasteiger partial charge in [-0.25, -0.2) is 4.79 Å². The van der Waals surface area contributed by atoms with E-state index in [0.29, 0.717) is 29.0 Å². The predicted octanol–water partition coefficient (Wildman–Crippen LogP) is 4.28. The van der Waals surface area contributed by atoms with E-state index in [0.717, 1.165) is 12.0 Å². The molecule has 1 amide bonds. The third-order valence-corrected chi connectivity index (χ3v) is 5.87. The van der Waals surface area contributed by atoms with Crippen molar-refractivity contribution in [2.75, 3.05) is 13.7 Å². The SMILES string of the molecule is CCCOc1cccc(C(O)=C2C(=O)C(=O)N(Cc3ccncc3)C2c2ccc(C(=O)OC)cc2)c1. The van der Waals surface area contributed by atoms with E-state index in [-0.39, 0.29) is 17.9 Å². The molecule has 2 aromatic carbocycles. The lowest BCUT2D eigenvalue weighted by Gasteiger charge is -2.25. The van der Waals surface area contributed by atoms with Crippen LogP contribution in [0.2, 0.25) is 0 Å². The van der Waals surface area contributed by atoms with Crippen molar-refractivity contribution in [3.8, 4) is 5.75 Å². The van der Waals surface area contributed by atoms with Gasteiger partial charge >= 0.3 is 5.97 Å². The zero-order valence-corrected chi connectivity index (χ0v) is 20.0. The molecular weight excluding hydrogens is 460 g/mol. The average Bonchev–Trinajstić information content (AvgIpc) is 3.16. The highest BCUT2D eigenvalue weighted by Gasteiger charge is 2.46. The van der Waals surface area contributed by atoms with Crippen molar-refractivity contribution in [1.82, 2.24) is 9.88 Å². The molecule has 0 aliphatic carbocycles. The molecule has 4 rings (SSSR count). The lowest BCUT2D eigenvalue weighted by molar-refractivity contribution is -0.140. The number of carbonyl (C=O) groups is 3. The number of benzene rings is 2. The van der Waals surface area contributed by atoms with Crippen LogP contribution in [0.5, 0.6) is 5.75 Å². The number of methoxy groups -OCH3 is 1. The number of esters is 1. The summed E-state index contributed by atoms with van der Waals surface area (Å²) in [6, 6.07) is 15.8. The summed E-state index contributed by atoms with van der Waals surface area (Å²) in [5, 5.41) is 11.3. The molecule has 0 radical (unpaired) electrons. The highest BCUT2D eigenvalue weighted by Crippen LogP contribution is 2.40. The maximum atomic E-state index is 13.3. The summed E-state index contributed by atoms with van der Waals surface area (Å²) in [7, 11) is 1.29. The summed E-state index contributed by atoms with van der Waals surface area (Å²) in [4.78, 5) is 43.8. The fraction of sp³-hybridized carbons (Fsp3) is 0.214. The number of hydrogen-bond acceptors (Lipinski definition) is 7. The second-order valence-electron chi connectivity index (χ2n) is 8.27. The number of Topliss-reactive ketones (excluding diaryl/α,β-unsaturated/α-hetero) is 1. The minimum absolute atomic E-state index is 0.0347. The van der Waals surface area contributed by atoms with Gasteiger partial charge in [0.25, 0.3) is 11.7 Å². The number of carbonyl (C=O) groups excluding carboxylic acids is 3. The van der Waals surface area contributed by atoms with Gasteiger partial charge in [-0.2, -0.15) is 0 Å². The first kappa shape index (κ1) is 24.7. The van der Waals surface area contributed by atoms with Gasteiger partial charge in [-0.05, 0) is 53.9 Å². The fourth-order valence-corrected chi connectivity index (χ4v) is 4.10. The quantitative estimate of drug-likeness (QED) is 0.219. The van der Waals surface area contributed by atoms with Crippen LogP contribution in [-0.2, 0) is 20.9 Å². The largest absolute Gasteiger partial charge is 0.507 e. The minimum Gasteiger partial charge on any atom is -0.507 e. The smallest absolute Gasteiger partial charge is 0.337 e. The zero-order chi connectivity index (χ0) is 25.7. The third-order valence-electron chi connectivity index (χ3n) is 5.87. The van der Waals surface area contributed by atoms with Gasteiger partial charge in [-0.3, -0.25) is 14.6 Å². The Bertz CT molecular complexity index is 1300. The Labute approximate surface area is 208 Å². The molecule has 0 saturated carbocycles. The molecule has 184 valence electrons. The van der Waals surface area contributed by atoms with Gasteiger partial charge in [0.15, 0.2) is 0 Å². The normalized spacial score (nSPS) is 16.7. The van der Waals surface area contributed by atoms with E-state index in [2.05, 4.69) is 4.98 Å². The Kier molecular flexibility index (Phi) is 7.44. The molecule has 2 heterocycles. The van der Waals surface area contributed by atoms with Crippen LogP contribution in [0.4, 0.5) is 0 Å². The van der Waals surface area contributed by atoms with Crippen LogP contribution in [0, 0.1) is 0 Å². The molecule has 1 unspecified atom stereocenters. The van der Waals surface area contributed by atoms with Crippen LogP contribution < -0.4 is 4.74 Å². The summed E-state index contributed by atoms with van der Waals surface area (Å²) < 4.78 is 10.4. The molecular formula is C28H26N2O6. The first-order valence-electron chi connectivity index (χ1n) is 11.5. The number of nitrogens with zero attached hydrogens (tertiary/aromatic N) is 2. The van der Waals surface area contributed by atoms with Crippen molar-refractivity contribution in [1.29, 1.82) is 0 Å². The molecule has 36 heavy (non-hydrogen) atoms. The highest BCUT2D eigenvalue weighted by molar-refractivity contribution is 6.46. The lowest BCUT2D eigenvalue weighted by Crippen LogP contribution is -2.29. The van der Waals surface area contributed by atoms with E-state index in [1.54, 1.807) is 73.1 Å². The summed E-state index contributed by atoms with van der Waals surface area (Å²) in [6.45, 7) is 2.62. The lowest BCUT2D eigenvalue weighted by atomic mass is 9.94. The molecule has 1 fully saturated rings. The van der Waals surface area contributed by atoms with Crippen molar-refractivity contribution in [3.05, 3.63) is 101 Å². The van der Waals surface area contributed by atoms with Gasteiger partial charge < -0.3 is 19.5 Å². The van der Waals surface area contributed by atoms with Crippen molar-refractivity contribution >= 4 is 23.4 Å². The molecule has 1 N–H and O–H groups in total. The molecule has 3 aromatic rings. The summed E-state index contributed by atoms with van der Waals surface area (Å²) in [5.41, 5.74) is 2.00. The van der Waals surface area contributed by atoms with Crippen LogP contribution in [0.15, 0.2) is 78.6 Å². The van der Waals surface area contributed by atoms with E-state index in [9.17, 15) is 19.5 Å². The molecule has 0 bridgehead atoms. The molecule has 1 aromatic heterocycles. The number of amides is 1. The average molecular weight is 487 g/mol. The standard InChI is InChI=1S/C28H26N2O6/c1-3-15-36-22-6-4-5-21(16-22)25(31)23-24(19-7-9-20(10-8-19)28(34)35-2)30(27(33)26(23)32)17-18-11-13-29-14-12-18/h4-14,16,24,31H,3,15,17H2,1-2H3. The van der Waals surface area contributed by atoms with Gasteiger partial charge in [-0.15, -0.1) is 0 Å². The number of aliphatic hydroxyl groups is 1. The van der Waals surface area contributed by atoms with E-state index in [1.807, 2.05) is 6.92 Å². The number of hydrogen-bond donors (Lipinski definition) is 1. The van der Waals surface area contributed by atoms with Crippen molar-refractivity contribution in [3.63, 3.8) is 0 Å². The number of ether oxygens (including phenoxy) is 2. The summed E-state index contributed by atoms with van der Waals surface area (Å²) >= 11 is 0. The number of likely N-dealkylation sites (tertiary alicyclic amines) is 1. The van der Waals surface area contributed by atoms with E-state index in [1.165, 1.54) is 12.0 Å². The van der Waals surface area contributed by atoms with Crippen LogP contribution in [-0.4, -0.2) is 46.4 Å². The molecule has 1 aliphatic rings. The first-order chi connectivity index (χ1) is 17.4. The Morgan fingerprint density at radius 3 is 2.42 bits per heavy atom. The van der Waals surface area contributed by atoms with Gasteiger partial charge in [0.1, 0.15) is 11.5 Å². The summed E-state index contributed by atoms with van der Waals surface area (Å²) in [6.07, 6.45) is 4.03. The van der Waals surface area contributed by atoms with Crippen LogP contribution in [0.25, 0.3) is 5.76 Å². The number of aliphatic hydroxyl groups excluding tert-OH is 1. The second-order valence-corrected chi connectivity index (χ2v) is 8.27. The molecule has 1 atom stereocenters. The van der Waals surface area contributed by atoms with Gasteiger partial charge in [-0.1, -0.05) is 31.2 Å². The second kappa shape index (κ2) is 10.9. The summed E-state index contributed by atoms with van der Waals surface area (Å²) in [5.74, 6) is -1.77. The molecule has 8 heteroatoms. The topological polar surface area (TPSA) is 106 Å². The minimum atomic E-state index is -0.870. The number of aromatic nitrogens is 1. The molecule has 1 aliphatic heterocycles. The number of ketones is 1. The fourth-order valence-electron chi connectivity index (χ4n) is 4.10. The van der Waals surface area contributed by atoms with Crippen LogP contribution in [0.1, 0.15) is 46.4 Å². The zero-order valence-electron chi connectivity index (χ0n) is 20.0. The van der Waals surface area contributed by atoms with E-state index in [4.69, 9.17) is 9.47 Å². The maximum Gasteiger partial charge on any atom is 0.337 e. The molecule has 0 spiro atoms. The van der Waals surface area contributed by atoms with E-state index < -0.39 is 23.7 Å². The maximum absolute atomic E-state index is 13.3. The molecule has 1 saturated heterocycles. The van der Waals surface area contributed by atoms with Crippen LogP contribution in [0.3, 0.4) is 0 Å². The third kappa shape index (κ3) is 4.98. The van der Waals surface area contributed by atoms with E-state index >= 15 is 0 Å². The highest BCUT2D eigenvalue weighted by atomic mass is 16.5. The van der Waals surface area contributed by atoms with Crippen molar-refractivity contribution in [2.45, 2.75) is 25.9 Å². The Hall–Kier alpha value is -4.46. The van der Waals surface area contributed by atoms with Crippen LogP contribution >= 0.6 is 0 Å². The first-order valence-corrected chi connectivity index (χ1v) is 11.5. The van der Waals surface area contributed by atoms with Gasteiger partial charge in [0, 0.05) is 24.5 Å². The number of pyridine rings is 1. The van der Waals surface area contributed by atoms with Crippen molar-refractivity contribution in [2.24, 2.45) is 0 Å². The predicted molar refractivity (Wildman–Crippen MR) is 132 cm³/mol. The van der Waals surface area contributed by atoms with Gasteiger partial charge in [0.05, 0.1) is 30.9 Å². The molecule has 8 nitrogen and oxygen atoms in total. The van der Waals surface area contributed by atoms with Crippen molar-refractivity contribution < 1.29 is 29.0 Å². The Morgan fingerprint density at radius 2 is 1.75 bits per heavy atom. The number of rotatable bonds is 8.